The first kappa shape index (κ1) is 13.9. The van der Waals surface area contributed by atoms with E-state index in [1.54, 1.807) is 6.92 Å². The van der Waals surface area contributed by atoms with Crippen LogP contribution in [0.3, 0.4) is 0 Å². The number of hydrogen-bond donors (Lipinski definition) is 1. The molecule has 0 saturated carbocycles. The number of H-pyrrole nitrogens is 1. The second-order valence-corrected chi connectivity index (χ2v) is 5.36. The van der Waals surface area contributed by atoms with Gasteiger partial charge in [-0.1, -0.05) is 6.92 Å². The number of alkyl halides is 3. The molecule has 1 aliphatic heterocycles. The number of allylic oxidation sites excluding steroid dienone is 3. The van der Waals surface area contributed by atoms with Gasteiger partial charge in [0.1, 0.15) is 0 Å². The number of aliphatic imine (C=N–C) groups is 1. The Hall–Kier alpha value is -2.11. The van der Waals surface area contributed by atoms with Crippen molar-refractivity contribution in [3.05, 3.63) is 50.1 Å². The van der Waals surface area contributed by atoms with Crippen LogP contribution >= 0.6 is 0 Å². The first-order valence-corrected chi connectivity index (χ1v) is 6.53. The minimum atomic E-state index is -4.56. The van der Waals surface area contributed by atoms with Crippen LogP contribution in [-0.4, -0.2) is 10.7 Å². The molecule has 0 saturated heterocycles. The number of halogens is 3. The van der Waals surface area contributed by atoms with E-state index in [0.717, 1.165) is 16.8 Å². The van der Waals surface area contributed by atoms with Gasteiger partial charge in [0.2, 0.25) is 5.56 Å². The smallest absolute Gasteiger partial charge is 0.325 e. The summed E-state index contributed by atoms with van der Waals surface area (Å²) >= 11 is 0. The average molecular weight is 294 g/mol. The highest BCUT2D eigenvalue weighted by Gasteiger charge is 2.39. The summed E-state index contributed by atoms with van der Waals surface area (Å²) in [7, 11) is 0. The molecule has 1 aromatic heterocycles. The third kappa shape index (κ3) is 1.97. The number of pyridine rings is 1. The number of aromatic nitrogens is 1. The predicted molar refractivity (Wildman–Crippen MR) is 74.3 cm³/mol. The highest BCUT2D eigenvalue weighted by Crippen LogP contribution is 2.42. The third-order valence-corrected chi connectivity index (χ3v) is 4.06. The monoisotopic (exact) mass is 294 g/mol. The topological polar surface area (TPSA) is 45.2 Å². The fourth-order valence-electron chi connectivity index (χ4n) is 2.83. The number of nitrogens with zero attached hydrogens (tertiary/aromatic N) is 1. The largest absolute Gasteiger partial charge is 0.417 e. The van der Waals surface area contributed by atoms with E-state index in [1.165, 1.54) is 6.08 Å². The van der Waals surface area contributed by atoms with Crippen molar-refractivity contribution in [1.29, 1.82) is 0 Å². The van der Waals surface area contributed by atoms with Gasteiger partial charge in [-0.25, -0.2) is 0 Å². The van der Waals surface area contributed by atoms with Gasteiger partial charge in [-0.15, -0.1) is 0 Å². The molecule has 21 heavy (non-hydrogen) atoms. The van der Waals surface area contributed by atoms with Crippen LogP contribution < -0.4 is 5.56 Å². The van der Waals surface area contributed by atoms with Crippen molar-refractivity contribution in [2.45, 2.75) is 32.9 Å². The van der Waals surface area contributed by atoms with Gasteiger partial charge in [0.15, 0.2) is 0 Å². The molecule has 1 unspecified atom stereocenters. The predicted octanol–water partition coefficient (Wildman–Crippen LogP) is 3.64. The van der Waals surface area contributed by atoms with Gasteiger partial charge < -0.3 is 4.98 Å². The molecule has 6 heteroatoms. The molecule has 0 aromatic carbocycles. The molecule has 2 aliphatic rings. The second-order valence-electron chi connectivity index (χ2n) is 5.36. The Balaban J connectivity index is 2.34. The van der Waals surface area contributed by atoms with Gasteiger partial charge in [0, 0.05) is 34.5 Å². The van der Waals surface area contributed by atoms with E-state index in [2.05, 4.69) is 9.98 Å². The molecular weight excluding hydrogens is 281 g/mol. The lowest BCUT2D eigenvalue weighted by Crippen LogP contribution is -2.25. The van der Waals surface area contributed by atoms with E-state index in [4.69, 9.17) is 0 Å². The summed E-state index contributed by atoms with van der Waals surface area (Å²) in [4.78, 5) is 18.5. The van der Waals surface area contributed by atoms with Crippen LogP contribution in [0.15, 0.2) is 32.7 Å². The minimum Gasteiger partial charge on any atom is -0.325 e. The van der Waals surface area contributed by atoms with Crippen molar-refractivity contribution in [3.63, 3.8) is 0 Å². The Kier molecular flexibility index (Phi) is 2.77. The lowest BCUT2D eigenvalue weighted by atomic mass is 9.82. The quantitative estimate of drug-likeness (QED) is 0.780. The van der Waals surface area contributed by atoms with E-state index in [-0.39, 0.29) is 17.2 Å². The van der Waals surface area contributed by atoms with Gasteiger partial charge in [-0.2, -0.15) is 13.2 Å². The molecule has 1 N–H and O–H groups in total. The minimum absolute atomic E-state index is 0.0394. The van der Waals surface area contributed by atoms with E-state index in [1.807, 2.05) is 13.8 Å². The number of nitrogens with one attached hydrogen (secondary N) is 1. The van der Waals surface area contributed by atoms with Crippen molar-refractivity contribution in [2.75, 3.05) is 0 Å². The first-order valence-electron chi connectivity index (χ1n) is 6.53. The van der Waals surface area contributed by atoms with Crippen LogP contribution in [0.4, 0.5) is 13.2 Å². The summed E-state index contributed by atoms with van der Waals surface area (Å²) in [6.45, 7) is 5.42. The Morgan fingerprint density at radius 2 is 1.95 bits per heavy atom. The van der Waals surface area contributed by atoms with Crippen molar-refractivity contribution in [3.8, 4) is 0 Å². The summed E-state index contributed by atoms with van der Waals surface area (Å²) in [6, 6.07) is 0.617. The Morgan fingerprint density at radius 3 is 2.57 bits per heavy atom. The fraction of sp³-hybridized carbons (Fsp3) is 0.333. The maximum atomic E-state index is 13.2. The summed E-state index contributed by atoms with van der Waals surface area (Å²) in [6.07, 6.45) is -3.08. The van der Waals surface area contributed by atoms with Crippen molar-refractivity contribution in [2.24, 2.45) is 4.99 Å². The molecule has 0 amide bonds. The molecule has 1 aliphatic carbocycles. The molecule has 0 radical (unpaired) electrons. The average Bonchev–Trinajstić information content (AvgIpc) is 2.66. The maximum Gasteiger partial charge on any atom is 0.417 e. The van der Waals surface area contributed by atoms with Crippen LogP contribution in [0.5, 0.6) is 0 Å². The lowest BCUT2D eigenvalue weighted by Gasteiger charge is -2.24. The molecule has 3 nitrogen and oxygen atoms in total. The summed E-state index contributed by atoms with van der Waals surface area (Å²) in [5, 5.41) is 0. The highest BCUT2D eigenvalue weighted by molar-refractivity contribution is 6.15. The van der Waals surface area contributed by atoms with Crippen molar-refractivity contribution in [1.82, 2.24) is 4.98 Å². The van der Waals surface area contributed by atoms with Crippen LogP contribution in [0, 0.1) is 0 Å². The zero-order valence-corrected chi connectivity index (χ0v) is 11.7. The van der Waals surface area contributed by atoms with Gasteiger partial charge >= 0.3 is 6.18 Å². The third-order valence-electron chi connectivity index (χ3n) is 4.06. The number of hydrogen-bond acceptors (Lipinski definition) is 2. The molecule has 1 aromatic rings. The summed E-state index contributed by atoms with van der Waals surface area (Å²) in [5.41, 5.74) is 1.80. The van der Waals surface area contributed by atoms with Crippen LogP contribution in [-0.2, 0) is 6.18 Å². The van der Waals surface area contributed by atoms with Gasteiger partial charge in [0.05, 0.1) is 11.3 Å². The maximum absolute atomic E-state index is 13.2. The molecule has 0 spiro atoms. The summed E-state index contributed by atoms with van der Waals surface area (Å²) < 4.78 is 39.5. The lowest BCUT2D eigenvalue weighted by molar-refractivity contribution is -0.137. The Morgan fingerprint density at radius 1 is 1.29 bits per heavy atom. The summed E-state index contributed by atoms with van der Waals surface area (Å²) in [5.74, 6) is -0.373. The second kappa shape index (κ2) is 4.19. The van der Waals surface area contributed by atoms with E-state index in [9.17, 15) is 18.0 Å². The molecule has 110 valence electrons. The van der Waals surface area contributed by atoms with Crippen molar-refractivity contribution < 1.29 is 13.2 Å². The molecule has 0 fully saturated rings. The fourth-order valence-corrected chi connectivity index (χ4v) is 2.83. The van der Waals surface area contributed by atoms with Crippen LogP contribution in [0.25, 0.3) is 6.08 Å². The van der Waals surface area contributed by atoms with E-state index < -0.39 is 17.3 Å². The molecular formula is C15H13F3N2O. The van der Waals surface area contributed by atoms with Gasteiger partial charge in [0.25, 0.3) is 0 Å². The number of rotatable bonds is 0. The standard InChI is InChI=1S/C15H13F3N2O/c1-6-8(3)19-13-7(2)14-10(4-9(6)13)11(15(16,17)18)5-12(21)20-14/h4-5,7H,1-3H3,(H,20,21). The zero-order chi connectivity index (χ0) is 15.5. The van der Waals surface area contributed by atoms with Crippen LogP contribution in [0.2, 0.25) is 0 Å². The van der Waals surface area contributed by atoms with E-state index >= 15 is 0 Å². The molecule has 3 rings (SSSR count). The van der Waals surface area contributed by atoms with E-state index in [0.29, 0.717) is 11.8 Å². The van der Waals surface area contributed by atoms with Crippen LogP contribution in [0.1, 0.15) is 43.5 Å². The Bertz CT molecular complexity index is 794. The van der Waals surface area contributed by atoms with Gasteiger partial charge in [-0.05, 0) is 25.5 Å². The van der Waals surface area contributed by atoms with Gasteiger partial charge in [-0.3, -0.25) is 9.79 Å². The van der Waals surface area contributed by atoms with Crippen molar-refractivity contribution >= 4 is 11.8 Å². The number of aromatic amines is 1. The molecule has 0 bridgehead atoms. The Labute approximate surface area is 118 Å². The number of fused-ring (bicyclic) bond motifs is 2. The first-order chi connectivity index (χ1) is 9.70. The SMILES string of the molecule is CC1=C(C)C2=Cc3c(C(F)(F)F)cc(=O)[nH]c3C(C)C2=N1. The molecule has 2 heterocycles. The molecule has 1 atom stereocenters. The normalized spacial score (nSPS) is 21.0. The zero-order valence-electron chi connectivity index (χ0n) is 11.7. The highest BCUT2D eigenvalue weighted by atomic mass is 19.4.